The van der Waals surface area contributed by atoms with Gasteiger partial charge in [-0.2, -0.15) is 0 Å². The number of nitrogens with zero attached hydrogens (tertiary/aromatic N) is 2. The molecule has 0 bridgehead atoms. The molecule has 0 saturated heterocycles. The van der Waals surface area contributed by atoms with Gasteiger partial charge in [-0.3, -0.25) is 14.6 Å². The third kappa shape index (κ3) is 4.66. The number of nitrogens with one attached hydrogen (secondary N) is 1. The number of aryl methyl sites for hydroxylation is 2. The van der Waals surface area contributed by atoms with Crippen molar-refractivity contribution in [2.75, 3.05) is 18.0 Å². The molecule has 5 nitrogen and oxygen atoms in total. The molecule has 1 aromatic carbocycles. The summed E-state index contributed by atoms with van der Waals surface area (Å²) in [5.41, 5.74) is 3.79. The fraction of sp³-hybridized carbons (Fsp3) is 0.350. The van der Waals surface area contributed by atoms with E-state index in [9.17, 15) is 9.59 Å². The predicted molar refractivity (Wildman–Crippen MR) is 99.8 cm³/mol. The molecular formula is C20H25N3O2. The summed E-state index contributed by atoms with van der Waals surface area (Å²) < 4.78 is 0. The molecule has 0 saturated carbocycles. The summed E-state index contributed by atoms with van der Waals surface area (Å²) in [4.78, 5) is 30.1. The molecule has 0 spiro atoms. The molecule has 0 aliphatic rings. The lowest BCUT2D eigenvalue weighted by Gasteiger charge is -2.26. The second kappa shape index (κ2) is 8.97. The number of rotatable bonds is 7. The number of hydrogen-bond acceptors (Lipinski definition) is 3. The Hall–Kier alpha value is -2.69. The normalized spacial score (nSPS) is 10.4. The van der Waals surface area contributed by atoms with Crippen LogP contribution < -0.4 is 10.2 Å². The molecule has 2 rings (SSSR count). The molecule has 1 heterocycles. The molecule has 1 N–H and O–H groups in total. The highest BCUT2D eigenvalue weighted by Gasteiger charge is 2.18. The lowest BCUT2D eigenvalue weighted by atomic mass is 10.0. The van der Waals surface area contributed by atoms with Crippen molar-refractivity contribution in [3.8, 4) is 0 Å². The Morgan fingerprint density at radius 1 is 1.08 bits per heavy atom. The summed E-state index contributed by atoms with van der Waals surface area (Å²) in [6.07, 6.45) is 4.87. The molecule has 1 aromatic heterocycles. The van der Waals surface area contributed by atoms with Crippen LogP contribution in [-0.2, 0) is 17.6 Å². The minimum atomic E-state index is -0.184. The topological polar surface area (TPSA) is 62.3 Å². The molecule has 2 aromatic rings. The fourth-order valence-electron chi connectivity index (χ4n) is 2.87. The zero-order valence-electron chi connectivity index (χ0n) is 15.1. The molecule has 5 heteroatoms. The number of pyridine rings is 1. The SMILES string of the molecule is CCc1cccc(CC)c1N(CCNC(=O)c1cccnc1)C(C)=O. The maximum absolute atomic E-state index is 12.2. The van der Waals surface area contributed by atoms with Crippen LogP contribution in [0.2, 0.25) is 0 Å². The summed E-state index contributed by atoms with van der Waals surface area (Å²) in [5, 5.41) is 2.86. The van der Waals surface area contributed by atoms with Gasteiger partial charge in [0.1, 0.15) is 0 Å². The highest BCUT2D eigenvalue weighted by molar-refractivity contribution is 5.95. The highest BCUT2D eigenvalue weighted by atomic mass is 16.2. The molecule has 0 radical (unpaired) electrons. The highest BCUT2D eigenvalue weighted by Crippen LogP contribution is 2.27. The van der Waals surface area contributed by atoms with Crippen LogP contribution >= 0.6 is 0 Å². The Kier molecular flexibility index (Phi) is 6.69. The van der Waals surface area contributed by atoms with Crippen LogP contribution in [0.4, 0.5) is 5.69 Å². The van der Waals surface area contributed by atoms with Gasteiger partial charge in [0.2, 0.25) is 5.91 Å². The van der Waals surface area contributed by atoms with Crippen LogP contribution in [0.25, 0.3) is 0 Å². The minimum absolute atomic E-state index is 0.0220. The van der Waals surface area contributed by atoms with Gasteiger partial charge < -0.3 is 10.2 Å². The number of carbonyl (C=O) groups is 2. The van der Waals surface area contributed by atoms with Crippen molar-refractivity contribution in [3.05, 3.63) is 59.4 Å². The largest absolute Gasteiger partial charge is 0.350 e. The number of amides is 2. The van der Waals surface area contributed by atoms with E-state index in [4.69, 9.17) is 0 Å². The molecule has 132 valence electrons. The van der Waals surface area contributed by atoms with E-state index in [0.717, 1.165) is 29.7 Å². The maximum Gasteiger partial charge on any atom is 0.252 e. The first-order valence-corrected chi connectivity index (χ1v) is 8.65. The standard InChI is InChI=1S/C20H25N3O2/c1-4-16-8-6-9-17(5-2)19(16)23(15(3)24)13-12-22-20(25)18-10-7-11-21-14-18/h6-11,14H,4-5,12-13H2,1-3H3,(H,22,25). The number of anilines is 1. The van der Waals surface area contributed by atoms with Gasteiger partial charge in [-0.05, 0) is 36.1 Å². The van der Waals surface area contributed by atoms with Gasteiger partial charge in [0, 0.05) is 32.4 Å². The molecule has 2 amide bonds. The van der Waals surface area contributed by atoms with Gasteiger partial charge >= 0.3 is 0 Å². The zero-order chi connectivity index (χ0) is 18.2. The van der Waals surface area contributed by atoms with Crippen molar-refractivity contribution in [1.29, 1.82) is 0 Å². The minimum Gasteiger partial charge on any atom is -0.350 e. The molecule has 0 atom stereocenters. The van der Waals surface area contributed by atoms with Crippen LogP contribution in [0.3, 0.4) is 0 Å². The third-order valence-electron chi connectivity index (χ3n) is 4.16. The Labute approximate surface area is 149 Å². The Morgan fingerprint density at radius 3 is 2.28 bits per heavy atom. The van der Waals surface area contributed by atoms with Crippen LogP contribution in [-0.4, -0.2) is 29.9 Å². The average Bonchev–Trinajstić information content (AvgIpc) is 2.65. The molecule has 0 aliphatic carbocycles. The summed E-state index contributed by atoms with van der Waals surface area (Å²) in [5.74, 6) is -0.206. The van der Waals surface area contributed by atoms with Crippen molar-refractivity contribution in [2.45, 2.75) is 33.6 Å². The maximum atomic E-state index is 12.2. The smallest absolute Gasteiger partial charge is 0.252 e. The Balaban J connectivity index is 2.12. The number of carbonyl (C=O) groups excluding carboxylic acids is 2. The average molecular weight is 339 g/mol. The lowest BCUT2D eigenvalue weighted by molar-refractivity contribution is -0.116. The van der Waals surface area contributed by atoms with Crippen molar-refractivity contribution >= 4 is 17.5 Å². The van der Waals surface area contributed by atoms with E-state index < -0.39 is 0 Å². The van der Waals surface area contributed by atoms with E-state index in [1.807, 2.05) is 6.07 Å². The quantitative estimate of drug-likeness (QED) is 0.843. The third-order valence-corrected chi connectivity index (χ3v) is 4.16. The second-order valence-electron chi connectivity index (χ2n) is 5.80. The monoisotopic (exact) mass is 339 g/mol. The van der Waals surface area contributed by atoms with Crippen LogP contribution in [0.15, 0.2) is 42.7 Å². The van der Waals surface area contributed by atoms with Crippen molar-refractivity contribution < 1.29 is 9.59 Å². The summed E-state index contributed by atoms with van der Waals surface area (Å²) in [6.45, 7) is 6.55. The van der Waals surface area contributed by atoms with Crippen molar-refractivity contribution in [1.82, 2.24) is 10.3 Å². The van der Waals surface area contributed by atoms with Gasteiger partial charge in [0.25, 0.3) is 5.91 Å². The molecule has 0 unspecified atom stereocenters. The number of benzene rings is 1. The Morgan fingerprint density at radius 2 is 1.76 bits per heavy atom. The van der Waals surface area contributed by atoms with E-state index >= 15 is 0 Å². The van der Waals surface area contributed by atoms with Crippen LogP contribution in [0.1, 0.15) is 42.3 Å². The molecule has 25 heavy (non-hydrogen) atoms. The summed E-state index contributed by atoms with van der Waals surface area (Å²) in [6, 6.07) is 9.58. The van der Waals surface area contributed by atoms with Gasteiger partial charge in [0.15, 0.2) is 0 Å². The predicted octanol–water partition coefficient (Wildman–Crippen LogP) is 2.99. The first kappa shape index (κ1) is 18.6. The fourth-order valence-corrected chi connectivity index (χ4v) is 2.87. The zero-order valence-corrected chi connectivity index (χ0v) is 15.1. The van der Waals surface area contributed by atoms with E-state index in [1.165, 1.54) is 6.20 Å². The van der Waals surface area contributed by atoms with Crippen LogP contribution in [0.5, 0.6) is 0 Å². The molecule has 0 aliphatic heterocycles. The lowest BCUT2D eigenvalue weighted by Crippen LogP contribution is -2.38. The van der Waals surface area contributed by atoms with Gasteiger partial charge in [-0.15, -0.1) is 0 Å². The van der Waals surface area contributed by atoms with Crippen molar-refractivity contribution in [3.63, 3.8) is 0 Å². The van der Waals surface area contributed by atoms with E-state index in [2.05, 4.69) is 36.3 Å². The Bertz CT molecular complexity index is 707. The summed E-state index contributed by atoms with van der Waals surface area (Å²) >= 11 is 0. The number of aromatic nitrogens is 1. The van der Waals surface area contributed by atoms with Crippen molar-refractivity contribution in [2.24, 2.45) is 0 Å². The number of para-hydroxylation sites is 1. The summed E-state index contributed by atoms with van der Waals surface area (Å²) in [7, 11) is 0. The van der Waals surface area contributed by atoms with E-state index in [-0.39, 0.29) is 11.8 Å². The molecular weight excluding hydrogens is 314 g/mol. The van der Waals surface area contributed by atoms with E-state index in [1.54, 1.807) is 30.2 Å². The number of hydrogen-bond donors (Lipinski definition) is 1. The first-order valence-electron chi connectivity index (χ1n) is 8.65. The van der Waals surface area contributed by atoms with Gasteiger partial charge in [0.05, 0.1) is 11.3 Å². The van der Waals surface area contributed by atoms with E-state index in [0.29, 0.717) is 18.7 Å². The van der Waals surface area contributed by atoms with Gasteiger partial charge in [-0.1, -0.05) is 32.0 Å². The van der Waals surface area contributed by atoms with Gasteiger partial charge in [-0.25, -0.2) is 0 Å². The molecule has 0 fully saturated rings. The second-order valence-corrected chi connectivity index (χ2v) is 5.80. The first-order chi connectivity index (χ1) is 12.1. The van der Waals surface area contributed by atoms with Crippen LogP contribution in [0, 0.1) is 0 Å².